The van der Waals surface area contributed by atoms with Crippen molar-refractivity contribution in [1.82, 2.24) is 26.1 Å². The van der Waals surface area contributed by atoms with Gasteiger partial charge in [0.1, 0.15) is 17.5 Å². The van der Waals surface area contributed by atoms with Crippen LogP contribution in [0.2, 0.25) is 0 Å². The zero-order valence-corrected chi connectivity index (χ0v) is 19.6. The lowest BCUT2D eigenvalue weighted by Gasteiger charge is -2.27. The van der Waals surface area contributed by atoms with E-state index < -0.39 is 29.7 Å². The molecular weight excluding hydrogens is 438 g/mol. The van der Waals surface area contributed by atoms with Crippen LogP contribution in [0.15, 0.2) is 36.9 Å². The molecule has 1 fully saturated rings. The van der Waals surface area contributed by atoms with E-state index in [0.29, 0.717) is 25.1 Å². The van der Waals surface area contributed by atoms with Crippen LogP contribution in [-0.2, 0) is 14.4 Å². The number of benzene rings is 1. The van der Waals surface area contributed by atoms with Gasteiger partial charge in [-0.05, 0) is 43.0 Å². The van der Waals surface area contributed by atoms with Crippen molar-refractivity contribution in [3.05, 3.63) is 42.6 Å². The summed E-state index contributed by atoms with van der Waals surface area (Å²) in [7, 11) is 1.55. The standard InChI is InChI=1S/C24H31N5O5/c1-5-21(30)29(13-15-9-10-25-22(15)31)28-24(33)18(11-14(2)3)27-23(32)19-12-16-17(26-19)7-6-8-20(16)34-4/h5-8,12,14-15,18,26H,1,9-11,13H2,2-4H3,(H,25,31)(H,27,32)(H,28,33)/t15-,18-/m0/s1. The van der Waals surface area contributed by atoms with Crippen LogP contribution in [0, 0.1) is 11.8 Å². The van der Waals surface area contributed by atoms with Gasteiger partial charge in [-0.1, -0.05) is 26.5 Å². The molecule has 4 amide bonds. The molecule has 10 heteroatoms. The summed E-state index contributed by atoms with van der Waals surface area (Å²) in [5.74, 6) is -1.44. The molecule has 0 radical (unpaired) electrons. The van der Waals surface area contributed by atoms with Gasteiger partial charge in [-0.3, -0.25) is 24.6 Å². The summed E-state index contributed by atoms with van der Waals surface area (Å²) < 4.78 is 5.34. The number of aromatic amines is 1. The van der Waals surface area contributed by atoms with Crippen molar-refractivity contribution in [3.63, 3.8) is 0 Å². The highest BCUT2D eigenvalue weighted by molar-refractivity contribution is 6.01. The fourth-order valence-electron chi connectivity index (χ4n) is 3.92. The summed E-state index contributed by atoms with van der Waals surface area (Å²) in [5, 5.41) is 7.30. The molecule has 182 valence electrons. The Morgan fingerprint density at radius 1 is 1.32 bits per heavy atom. The summed E-state index contributed by atoms with van der Waals surface area (Å²) >= 11 is 0. The van der Waals surface area contributed by atoms with E-state index in [0.717, 1.165) is 22.0 Å². The maximum atomic E-state index is 13.1. The molecule has 0 bridgehead atoms. The number of H-pyrrole nitrogens is 1. The number of hydrogen-bond acceptors (Lipinski definition) is 5. The fraction of sp³-hybridized carbons (Fsp3) is 0.417. The number of carbonyl (C=O) groups excluding carboxylic acids is 4. The number of carbonyl (C=O) groups is 4. The van der Waals surface area contributed by atoms with Crippen LogP contribution < -0.4 is 20.8 Å². The number of nitrogens with one attached hydrogen (secondary N) is 4. The van der Waals surface area contributed by atoms with Crippen LogP contribution in [0.3, 0.4) is 0 Å². The smallest absolute Gasteiger partial charge is 0.268 e. The minimum absolute atomic E-state index is 0.0204. The molecule has 0 unspecified atom stereocenters. The quantitative estimate of drug-likeness (QED) is 0.326. The Labute approximate surface area is 198 Å². The van der Waals surface area contributed by atoms with E-state index in [9.17, 15) is 19.2 Å². The second-order valence-electron chi connectivity index (χ2n) is 8.67. The number of hydrogen-bond donors (Lipinski definition) is 4. The van der Waals surface area contributed by atoms with Crippen molar-refractivity contribution in [3.8, 4) is 5.75 Å². The fourth-order valence-corrected chi connectivity index (χ4v) is 3.92. The predicted octanol–water partition coefficient (Wildman–Crippen LogP) is 1.50. The van der Waals surface area contributed by atoms with Gasteiger partial charge in [0.25, 0.3) is 17.7 Å². The molecule has 0 saturated carbocycles. The number of ether oxygens (including phenoxy) is 1. The van der Waals surface area contributed by atoms with Crippen LogP contribution in [0.1, 0.15) is 37.2 Å². The first kappa shape index (κ1) is 24.8. The van der Waals surface area contributed by atoms with Crippen LogP contribution in [0.5, 0.6) is 5.75 Å². The maximum Gasteiger partial charge on any atom is 0.268 e. The van der Waals surface area contributed by atoms with Gasteiger partial charge in [0.05, 0.1) is 19.6 Å². The number of aromatic nitrogens is 1. The predicted molar refractivity (Wildman–Crippen MR) is 127 cm³/mol. The van der Waals surface area contributed by atoms with Crippen molar-refractivity contribution >= 4 is 34.5 Å². The molecule has 0 spiro atoms. The van der Waals surface area contributed by atoms with Gasteiger partial charge in [0.2, 0.25) is 5.91 Å². The molecule has 2 atom stereocenters. The number of hydrazine groups is 1. The Balaban J connectivity index is 1.76. The maximum absolute atomic E-state index is 13.1. The number of nitrogens with zero attached hydrogens (tertiary/aromatic N) is 1. The Bertz CT molecular complexity index is 1090. The first-order valence-electron chi connectivity index (χ1n) is 11.2. The Kier molecular flexibility index (Phi) is 7.93. The van der Waals surface area contributed by atoms with E-state index in [-0.39, 0.29) is 24.1 Å². The zero-order valence-electron chi connectivity index (χ0n) is 19.6. The van der Waals surface area contributed by atoms with Crippen LogP contribution in [-0.4, -0.2) is 59.9 Å². The Morgan fingerprint density at radius 3 is 2.71 bits per heavy atom. The van der Waals surface area contributed by atoms with E-state index in [1.54, 1.807) is 19.2 Å². The van der Waals surface area contributed by atoms with E-state index in [2.05, 4.69) is 27.6 Å². The van der Waals surface area contributed by atoms with Gasteiger partial charge >= 0.3 is 0 Å². The molecule has 2 heterocycles. The molecule has 1 aromatic heterocycles. The lowest BCUT2D eigenvalue weighted by molar-refractivity contribution is -0.140. The zero-order chi connectivity index (χ0) is 24.8. The van der Waals surface area contributed by atoms with E-state index in [4.69, 9.17) is 4.74 Å². The largest absolute Gasteiger partial charge is 0.496 e. The summed E-state index contributed by atoms with van der Waals surface area (Å²) in [6.45, 7) is 7.87. The average Bonchev–Trinajstić information content (AvgIpc) is 3.43. The van der Waals surface area contributed by atoms with Crippen molar-refractivity contribution in [1.29, 1.82) is 0 Å². The molecule has 1 aliphatic rings. The van der Waals surface area contributed by atoms with Crippen molar-refractivity contribution in [2.24, 2.45) is 11.8 Å². The SMILES string of the molecule is C=CC(=O)N(C[C@@H]1CCNC1=O)NC(=O)[C@H](CC(C)C)NC(=O)c1cc2c(OC)cccc2[nH]1. The minimum atomic E-state index is -0.904. The van der Waals surface area contributed by atoms with Crippen molar-refractivity contribution in [2.75, 3.05) is 20.2 Å². The molecule has 1 aliphatic heterocycles. The van der Waals surface area contributed by atoms with Gasteiger partial charge in [0, 0.05) is 17.4 Å². The number of amides is 4. The van der Waals surface area contributed by atoms with Gasteiger partial charge in [-0.25, -0.2) is 5.01 Å². The highest BCUT2D eigenvalue weighted by Gasteiger charge is 2.31. The van der Waals surface area contributed by atoms with E-state index in [1.165, 1.54) is 0 Å². The second-order valence-corrected chi connectivity index (χ2v) is 8.67. The molecule has 1 aromatic carbocycles. The van der Waals surface area contributed by atoms with Gasteiger partial charge in [-0.15, -0.1) is 0 Å². The molecule has 4 N–H and O–H groups in total. The number of rotatable bonds is 9. The van der Waals surface area contributed by atoms with Crippen LogP contribution in [0.25, 0.3) is 10.9 Å². The highest BCUT2D eigenvalue weighted by Crippen LogP contribution is 2.26. The Morgan fingerprint density at radius 2 is 2.09 bits per heavy atom. The molecule has 3 rings (SSSR count). The summed E-state index contributed by atoms with van der Waals surface area (Å²) in [4.78, 5) is 53.5. The second kappa shape index (κ2) is 10.9. The normalized spacial score (nSPS) is 16.1. The molecule has 10 nitrogen and oxygen atoms in total. The van der Waals surface area contributed by atoms with Gasteiger partial charge < -0.3 is 20.4 Å². The highest BCUT2D eigenvalue weighted by atomic mass is 16.5. The minimum Gasteiger partial charge on any atom is -0.496 e. The average molecular weight is 470 g/mol. The molecule has 34 heavy (non-hydrogen) atoms. The molecular formula is C24H31N5O5. The van der Waals surface area contributed by atoms with Crippen molar-refractivity contribution < 1.29 is 23.9 Å². The first-order valence-corrected chi connectivity index (χ1v) is 11.2. The summed E-state index contributed by atoms with van der Waals surface area (Å²) in [6.07, 6.45) is 1.98. The third kappa shape index (κ3) is 5.75. The summed E-state index contributed by atoms with van der Waals surface area (Å²) in [5.41, 5.74) is 3.58. The van der Waals surface area contributed by atoms with Crippen molar-refractivity contribution in [2.45, 2.75) is 32.7 Å². The third-order valence-electron chi connectivity index (χ3n) is 5.67. The first-order chi connectivity index (χ1) is 16.2. The van der Waals surface area contributed by atoms with Gasteiger partial charge in [-0.2, -0.15) is 0 Å². The molecule has 2 aromatic rings. The number of fused-ring (bicyclic) bond motifs is 1. The molecule has 0 aliphatic carbocycles. The van der Waals surface area contributed by atoms with E-state index in [1.807, 2.05) is 26.0 Å². The topological polar surface area (TPSA) is 133 Å². The third-order valence-corrected chi connectivity index (χ3v) is 5.67. The van der Waals surface area contributed by atoms with Crippen LogP contribution in [0.4, 0.5) is 0 Å². The number of methoxy groups -OCH3 is 1. The summed E-state index contributed by atoms with van der Waals surface area (Å²) in [6, 6.07) is 6.19. The lowest BCUT2D eigenvalue weighted by atomic mass is 10.0. The molecule has 1 saturated heterocycles. The lowest BCUT2D eigenvalue weighted by Crippen LogP contribution is -2.55. The van der Waals surface area contributed by atoms with Crippen LogP contribution >= 0.6 is 0 Å². The van der Waals surface area contributed by atoms with E-state index >= 15 is 0 Å². The monoisotopic (exact) mass is 469 g/mol. The van der Waals surface area contributed by atoms with Gasteiger partial charge in [0.15, 0.2) is 0 Å². The Hall–Kier alpha value is -3.82.